The number of hydrogen-bond acceptors (Lipinski definition) is 6. The molecular weight excluding hydrogens is 427 g/mol. The first kappa shape index (κ1) is 15.3. The van der Waals surface area contributed by atoms with Crippen molar-refractivity contribution in [1.29, 1.82) is 0 Å². The number of nitrogens with one attached hydrogen (secondary N) is 1. The van der Waals surface area contributed by atoms with Crippen molar-refractivity contribution < 1.29 is 9.53 Å². The Kier molecular flexibility index (Phi) is 4.55. The van der Waals surface area contributed by atoms with Crippen LogP contribution in [0.4, 0.5) is 5.13 Å². The van der Waals surface area contributed by atoms with Crippen molar-refractivity contribution >= 4 is 61.6 Å². The van der Waals surface area contributed by atoms with E-state index in [0.29, 0.717) is 11.2 Å². The van der Waals surface area contributed by atoms with Gasteiger partial charge in [0.25, 0.3) is 0 Å². The van der Waals surface area contributed by atoms with Gasteiger partial charge in [-0.3, -0.25) is 4.79 Å². The SMILES string of the molecule is CC(=O)OC1CCC(Nc2nn3c(I)c(Cl)nc3s2)CC1. The van der Waals surface area contributed by atoms with Crippen LogP contribution < -0.4 is 5.32 Å². The smallest absolute Gasteiger partial charge is 0.302 e. The topological polar surface area (TPSA) is 68.5 Å². The quantitative estimate of drug-likeness (QED) is 0.586. The number of halogens is 2. The van der Waals surface area contributed by atoms with Crippen LogP contribution in [0.2, 0.25) is 5.15 Å². The molecule has 2 heterocycles. The fraction of sp³-hybridized carbons (Fsp3) is 0.583. The van der Waals surface area contributed by atoms with Gasteiger partial charge in [-0.1, -0.05) is 22.9 Å². The molecule has 0 atom stereocenters. The summed E-state index contributed by atoms with van der Waals surface area (Å²) in [7, 11) is 0. The fourth-order valence-corrected chi connectivity index (χ4v) is 4.20. The Morgan fingerprint density at radius 2 is 2.19 bits per heavy atom. The maximum absolute atomic E-state index is 10.9. The van der Waals surface area contributed by atoms with Gasteiger partial charge in [-0.05, 0) is 48.3 Å². The minimum Gasteiger partial charge on any atom is -0.463 e. The second-order valence-electron chi connectivity index (χ2n) is 5.02. The van der Waals surface area contributed by atoms with Gasteiger partial charge >= 0.3 is 5.97 Å². The molecule has 0 aromatic carbocycles. The fourth-order valence-electron chi connectivity index (χ4n) is 2.49. The predicted molar refractivity (Wildman–Crippen MR) is 90.0 cm³/mol. The summed E-state index contributed by atoms with van der Waals surface area (Å²) >= 11 is 9.59. The summed E-state index contributed by atoms with van der Waals surface area (Å²) in [5.41, 5.74) is 0. The van der Waals surface area contributed by atoms with Crippen molar-refractivity contribution in [3.63, 3.8) is 0 Å². The molecule has 0 bridgehead atoms. The summed E-state index contributed by atoms with van der Waals surface area (Å²) in [5.74, 6) is -0.195. The molecule has 0 amide bonds. The van der Waals surface area contributed by atoms with E-state index in [1.54, 1.807) is 4.52 Å². The molecule has 0 spiro atoms. The van der Waals surface area contributed by atoms with Gasteiger partial charge in [0.05, 0.1) is 0 Å². The molecule has 0 radical (unpaired) electrons. The number of anilines is 1. The van der Waals surface area contributed by atoms with Crippen molar-refractivity contribution in [3.8, 4) is 0 Å². The highest BCUT2D eigenvalue weighted by molar-refractivity contribution is 14.1. The number of hydrogen-bond donors (Lipinski definition) is 1. The van der Waals surface area contributed by atoms with E-state index in [9.17, 15) is 4.79 Å². The average Bonchev–Trinajstić information content (AvgIpc) is 2.92. The van der Waals surface area contributed by atoms with E-state index in [1.807, 2.05) is 0 Å². The molecule has 2 aromatic heterocycles. The number of carbonyl (C=O) groups is 1. The van der Waals surface area contributed by atoms with Gasteiger partial charge in [0.2, 0.25) is 10.1 Å². The lowest BCUT2D eigenvalue weighted by atomic mass is 9.93. The maximum atomic E-state index is 10.9. The molecule has 0 saturated heterocycles. The average molecular weight is 441 g/mol. The monoisotopic (exact) mass is 440 g/mol. The van der Waals surface area contributed by atoms with E-state index >= 15 is 0 Å². The van der Waals surface area contributed by atoms with Gasteiger partial charge in [0, 0.05) is 13.0 Å². The van der Waals surface area contributed by atoms with Crippen LogP contribution in [0.1, 0.15) is 32.6 Å². The molecule has 1 saturated carbocycles. The van der Waals surface area contributed by atoms with Crippen LogP contribution in [0, 0.1) is 3.70 Å². The molecule has 21 heavy (non-hydrogen) atoms. The largest absolute Gasteiger partial charge is 0.463 e. The normalized spacial score (nSPS) is 22.4. The number of carbonyl (C=O) groups excluding carboxylic acids is 1. The van der Waals surface area contributed by atoms with E-state index in [4.69, 9.17) is 16.3 Å². The van der Waals surface area contributed by atoms with Gasteiger partial charge in [-0.25, -0.2) is 4.98 Å². The predicted octanol–water partition coefficient (Wildman–Crippen LogP) is 3.34. The van der Waals surface area contributed by atoms with E-state index in [2.05, 4.69) is 38.0 Å². The Bertz CT molecular complexity index is 666. The molecule has 114 valence electrons. The van der Waals surface area contributed by atoms with Crippen LogP contribution in [-0.2, 0) is 9.53 Å². The minimum atomic E-state index is -0.195. The molecule has 1 fully saturated rings. The minimum absolute atomic E-state index is 0.0638. The third-order valence-corrected chi connectivity index (χ3v) is 5.83. The molecule has 1 aliphatic rings. The lowest BCUT2D eigenvalue weighted by molar-refractivity contribution is -0.147. The highest BCUT2D eigenvalue weighted by Crippen LogP contribution is 2.29. The number of esters is 1. The van der Waals surface area contributed by atoms with Crippen molar-refractivity contribution in [2.75, 3.05) is 5.32 Å². The zero-order chi connectivity index (χ0) is 15.0. The summed E-state index contributed by atoms with van der Waals surface area (Å²) in [4.78, 5) is 16.0. The molecule has 3 rings (SSSR count). The van der Waals surface area contributed by atoms with E-state index in [-0.39, 0.29) is 12.1 Å². The molecule has 9 heteroatoms. The first-order valence-corrected chi connectivity index (χ1v) is 8.94. The molecular formula is C12H14ClIN4O2S. The second-order valence-corrected chi connectivity index (χ2v) is 7.36. The van der Waals surface area contributed by atoms with Crippen LogP contribution in [0.5, 0.6) is 0 Å². The van der Waals surface area contributed by atoms with E-state index in [1.165, 1.54) is 18.3 Å². The summed E-state index contributed by atoms with van der Waals surface area (Å²) in [6.45, 7) is 1.46. The Labute approximate surface area is 144 Å². The number of nitrogens with zero attached hydrogens (tertiary/aromatic N) is 3. The molecule has 0 aliphatic heterocycles. The Morgan fingerprint density at radius 3 is 2.81 bits per heavy atom. The van der Waals surface area contributed by atoms with Crippen LogP contribution in [0.25, 0.3) is 4.96 Å². The number of imidazole rings is 1. The van der Waals surface area contributed by atoms with Crippen molar-refractivity contribution in [2.24, 2.45) is 0 Å². The Balaban J connectivity index is 1.60. The number of rotatable bonds is 3. The van der Waals surface area contributed by atoms with Gasteiger partial charge in [0.1, 0.15) is 9.80 Å². The van der Waals surface area contributed by atoms with Gasteiger partial charge < -0.3 is 10.1 Å². The van der Waals surface area contributed by atoms with Crippen LogP contribution in [0.15, 0.2) is 0 Å². The maximum Gasteiger partial charge on any atom is 0.302 e. The number of ether oxygens (including phenoxy) is 1. The second kappa shape index (κ2) is 6.25. The van der Waals surface area contributed by atoms with Crippen molar-refractivity contribution in [1.82, 2.24) is 14.6 Å². The summed E-state index contributed by atoms with van der Waals surface area (Å²) in [6.07, 6.45) is 3.79. The molecule has 1 aliphatic carbocycles. The Hall–Kier alpha value is -0.610. The lowest BCUT2D eigenvalue weighted by Gasteiger charge is -2.28. The van der Waals surface area contributed by atoms with Crippen LogP contribution >= 0.6 is 45.5 Å². The molecule has 2 aromatic rings. The third kappa shape index (κ3) is 3.42. The van der Waals surface area contributed by atoms with Gasteiger partial charge in [0.15, 0.2) is 5.15 Å². The molecule has 6 nitrogen and oxygen atoms in total. The van der Waals surface area contributed by atoms with Crippen LogP contribution in [-0.4, -0.2) is 32.7 Å². The first-order chi connectivity index (χ1) is 10.0. The van der Waals surface area contributed by atoms with Crippen molar-refractivity contribution in [2.45, 2.75) is 44.8 Å². The summed E-state index contributed by atoms with van der Waals surface area (Å²) in [5, 5.41) is 9.25. The highest BCUT2D eigenvalue weighted by atomic mass is 127. The summed E-state index contributed by atoms with van der Waals surface area (Å²) in [6, 6.07) is 0.362. The zero-order valence-electron chi connectivity index (χ0n) is 11.3. The third-order valence-electron chi connectivity index (χ3n) is 3.44. The lowest BCUT2D eigenvalue weighted by Crippen LogP contribution is -2.30. The summed E-state index contributed by atoms with van der Waals surface area (Å²) < 4.78 is 7.82. The standard InChI is InChI=1S/C12H14ClIN4O2S/c1-6(19)20-8-4-2-7(3-5-8)15-11-17-18-10(14)9(13)16-12(18)21-11/h7-8H,2-5H2,1H3,(H,15,17). The van der Waals surface area contributed by atoms with Crippen LogP contribution in [0.3, 0.4) is 0 Å². The first-order valence-electron chi connectivity index (χ1n) is 6.67. The number of aromatic nitrogens is 3. The van der Waals surface area contributed by atoms with E-state index < -0.39 is 0 Å². The van der Waals surface area contributed by atoms with Gasteiger partial charge in [-0.15, -0.1) is 5.10 Å². The zero-order valence-corrected chi connectivity index (χ0v) is 15.0. The molecule has 1 N–H and O–H groups in total. The van der Waals surface area contributed by atoms with Gasteiger partial charge in [-0.2, -0.15) is 4.52 Å². The molecule has 0 unspecified atom stereocenters. The van der Waals surface area contributed by atoms with Crippen molar-refractivity contribution in [3.05, 3.63) is 8.85 Å². The number of fused-ring (bicyclic) bond motifs is 1. The Morgan fingerprint density at radius 1 is 1.48 bits per heavy atom. The highest BCUT2D eigenvalue weighted by Gasteiger charge is 2.24. The van der Waals surface area contributed by atoms with E-state index in [0.717, 1.165) is 39.5 Å².